The molecule has 0 amide bonds. The first kappa shape index (κ1) is 12.8. The van der Waals surface area contributed by atoms with Crippen LogP contribution in [0.3, 0.4) is 0 Å². The number of hydrogen-bond acceptors (Lipinski definition) is 1. The van der Waals surface area contributed by atoms with Crippen LogP contribution in [-0.4, -0.2) is 11.2 Å². The molecule has 0 aromatic heterocycles. The third kappa shape index (κ3) is 2.56. The SMILES string of the molecule is Fc1cccc(F)c1NC(=S)N[C@H]1C[C@H]2CC[C@H]1C2. The number of thiocarbonyl (C=S) groups is 1. The lowest BCUT2D eigenvalue weighted by Gasteiger charge is -2.24. The maximum atomic E-state index is 13.5. The van der Waals surface area contributed by atoms with Crippen LogP contribution >= 0.6 is 12.2 Å². The van der Waals surface area contributed by atoms with Crippen LogP contribution in [0.4, 0.5) is 14.5 Å². The minimum atomic E-state index is -0.628. The molecule has 1 aromatic rings. The van der Waals surface area contributed by atoms with Gasteiger partial charge in [-0.25, -0.2) is 8.78 Å². The fourth-order valence-electron chi connectivity index (χ4n) is 3.36. The van der Waals surface area contributed by atoms with E-state index in [1.165, 1.54) is 37.5 Å². The van der Waals surface area contributed by atoms with Gasteiger partial charge in [-0.3, -0.25) is 0 Å². The summed E-state index contributed by atoms with van der Waals surface area (Å²) in [5.41, 5.74) is -0.178. The lowest BCUT2D eigenvalue weighted by atomic mass is 9.96. The molecule has 3 rings (SSSR count). The average Bonchev–Trinajstić information content (AvgIpc) is 2.96. The maximum absolute atomic E-state index is 13.5. The normalized spacial score (nSPS) is 28.4. The standard InChI is InChI=1S/C14H16F2N2S/c15-10-2-1-3-11(16)13(10)18-14(19)17-12-7-8-4-5-9(12)6-8/h1-3,8-9,12H,4-7H2,(H2,17,18,19)/t8-,9-,12-/m0/s1. The third-order valence-electron chi connectivity index (χ3n) is 4.26. The first-order chi connectivity index (χ1) is 9.13. The van der Waals surface area contributed by atoms with Gasteiger partial charge in [-0.2, -0.15) is 0 Å². The van der Waals surface area contributed by atoms with Gasteiger partial charge in [-0.15, -0.1) is 0 Å². The molecule has 2 aliphatic carbocycles. The molecule has 2 bridgehead atoms. The van der Waals surface area contributed by atoms with Crippen molar-refractivity contribution in [3.05, 3.63) is 29.8 Å². The summed E-state index contributed by atoms with van der Waals surface area (Å²) in [6, 6.07) is 4.12. The Morgan fingerprint density at radius 1 is 1.16 bits per heavy atom. The summed E-state index contributed by atoms with van der Waals surface area (Å²) in [6.07, 6.45) is 4.92. The van der Waals surface area contributed by atoms with E-state index in [1.807, 2.05) is 0 Å². The molecular weight excluding hydrogens is 266 g/mol. The highest BCUT2D eigenvalue weighted by Gasteiger charge is 2.39. The molecule has 0 spiro atoms. The van der Waals surface area contributed by atoms with Crippen LogP contribution in [0.5, 0.6) is 0 Å². The van der Waals surface area contributed by atoms with Gasteiger partial charge in [0.2, 0.25) is 0 Å². The van der Waals surface area contributed by atoms with Crippen molar-refractivity contribution >= 4 is 23.0 Å². The van der Waals surface area contributed by atoms with Crippen molar-refractivity contribution < 1.29 is 8.78 Å². The van der Waals surface area contributed by atoms with Crippen molar-refractivity contribution in [2.24, 2.45) is 11.8 Å². The van der Waals surface area contributed by atoms with Gasteiger partial charge in [0.25, 0.3) is 0 Å². The second kappa shape index (κ2) is 5.04. The van der Waals surface area contributed by atoms with Crippen LogP contribution in [0.1, 0.15) is 25.7 Å². The number of benzene rings is 1. The molecule has 2 aliphatic rings. The summed E-state index contributed by atoms with van der Waals surface area (Å²) in [6.45, 7) is 0. The Balaban J connectivity index is 1.62. The van der Waals surface area contributed by atoms with Gasteiger partial charge in [-0.1, -0.05) is 12.5 Å². The van der Waals surface area contributed by atoms with Crippen LogP contribution in [0, 0.1) is 23.5 Å². The second-order valence-electron chi connectivity index (χ2n) is 5.48. The van der Waals surface area contributed by atoms with Gasteiger partial charge in [0.1, 0.15) is 17.3 Å². The summed E-state index contributed by atoms with van der Waals surface area (Å²) in [5, 5.41) is 6.14. The van der Waals surface area contributed by atoms with Crippen molar-refractivity contribution in [3.63, 3.8) is 0 Å². The Hall–Kier alpha value is -1.23. The summed E-state index contributed by atoms with van der Waals surface area (Å²) >= 11 is 5.15. The van der Waals surface area contributed by atoms with Crippen molar-refractivity contribution in [2.75, 3.05) is 5.32 Å². The molecule has 5 heteroatoms. The molecule has 1 aromatic carbocycles. The Labute approximate surface area is 116 Å². The first-order valence-corrected chi connectivity index (χ1v) is 7.06. The highest BCUT2D eigenvalue weighted by Crippen LogP contribution is 2.44. The lowest BCUT2D eigenvalue weighted by Crippen LogP contribution is -2.41. The van der Waals surface area contributed by atoms with E-state index < -0.39 is 11.6 Å². The van der Waals surface area contributed by atoms with Crippen molar-refractivity contribution in [3.8, 4) is 0 Å². The predicted octanol–water partition coefficient (Wildman–Crippen LogP) is 3.44. The quantitative estimate of drug-likeness (QED) is 0.813. The molecule has 2 fully saturated rings. The van der Waals surface area contributed by atoms with Gasteiger partial charge in [0.15, 0.2) is 5.11 Å². The van der Waals surface area contributed by atoms with E-state index >= 15 is 0 Å². The van der Waals surface area contributed by atoms with Crippen molar-refractivity contribution in [1.29, 1.82) is 0 Å². The molecule has 0 saturated heterocycles. The van der Waals surface area contributed by atoms with Gasteiger partial charge in [0.05, 0.1) is 0 Å². The summed E-state index contributed by atoms with van der Waals surface area (Å²) in [7, 11) is 0. The van der Waals surface area contributed by atoms with Gasteiger partial charge >= 0.3 is 0 Å². The number of halogens is 2. The zero-order valence-electron chi connectivity index (χ0n) is 10.5. The van der Waals surface area contributed by atoms with Gasteiger partial charge < -0.3 is 10.6 Å². The Morgan fingerprint density at radius 2 is 1.89 bits per heavy atom. The van der Waals surface area contributed by atoms with Crippen molar-refractivity contribution in [2.45, 2.75) is 31.7 Å². The monoisotopic (exact) mass is 282 g/mol. The summed E-state index contributed by atoms with van der Waals surface area (Å²) in [4.78, 5) is 0. The summed E-state index contributed by atoms with van der Waals surface area (Å²) < 4.78 is 27.0. The molecule has 3 atom stereocenters. The van der Waals surface area contributed by atoms with Crippen LogP contribution in [-0.2, 0) is 0 Å². The lowest BCUT2D eigenvalue weighted by molar-refractivity contribution is 0.391. The molecule has 19 heavy (non-hydrogen) atoms. The molecule has 0 heterocycles. The fraction of sp³-hybridized carbons (Fsp3) is 0.500. The Morgan fingerprint density at radius 3 is 2.47 bits per heavy atom. The number of anilines is 1. The van der Waals surface area contributed by atoms with Crippen molar-refractivity contribution in [1.82, 2.24) is 5.32 Å². The van der Waals surface area contributed by atoms with Crippen LogP contribution in [0.25, 0.3) is 0 Å². The van der Waals surface area contributed by atoms with Crippen LogP contribution in [0.15, 0.2) is 18.2 Å². The van der Waals surface area contributed by atoms with E-state index in [9.17, 15) is 8.78 Å². The number of fused-ring (bicyclic) bond motifs is 2. The summed E-state index contributed by atoms with van der Waals surface area (Å²) in [5.74, 6) is 0.208. The van der Waals surface area contributed by atoms with E-state index in [-0.39, 0.29) is 5.69 Å². The van der Waals surface area contributed by atoms with Gasteiger partial charge in [0, 0.05) is 6.04 Å². The molecule has 0 radical (unpaired) electrons. The highest BCUT2D eigenvalue weighted by molar-refractivity contribution is 7.80. The van der Waals surface area contributed by atoms with Crippen LogP contribution < -0.4 is 10.6 Å². The topological polar surface area (TPSA) is 24.1 Å². The molecule has 2 saturated carbocycles. The zero-order chi connectivity index (χ0) is 13.4. The largest absolute Gasteiger partial charge is 0.359 e. The molecule has 102 valence electrons. The van der Waals surface area contributed by atoms with Crippen LogP contribution in [0.2, 0.25) is 0 Å². The molecule has 0 aliphatic heterocycles. The zero-order valence-corrected chi connectivity index (χ0v) is 11.3. The first-order valence-electron chi connectivity index (χ1n) is 6.65. The fourth-order valence-corrected chi connectivity index (χ4v) is 3.61. The molecule has 2 N–H and O–H groups in total. The predicted molar refractivity (Wildman–Crippen MR) is 75.0 cm³/mol. The Bertz CT molecular complexity index is 486. The van der Waals surface area contributed by atoms with E-state index in [0.717, 1.165) is 12.3 Å². The number of para-hydroxylation sites is 1. The van der Waals surface area contributed by atoms with E-state index in [2.05, 4.69) is 10.6 Å². The van der Waals surface area contributed by atoms with E-state index in [1.54, 1.807) is 0 Å². The molecule has 2 nitrogen and oxygen atoms in total. The smallest absolute Gasteiger partial charge is 0.171 e. The minimum absolute atomic E-state index is 0.178. The maximum Gasteiger partial charge on any atom is 0.171 e. The van der Waals surface area contributed by atoms with E-state index in [4.69, 9.17) is 12.2 Å². The highest BCUT2D eigenvalue weighted by atomic mass is 32.1. The minimum Gasteiger partial charge on any atom is -0.359 e. The van der Waals surface area contributed by atoms with E-state index in [0.29, 0.717) is 17.1 Å². The third-order valence-corrected chi connectivity index (χ3v) is 4.48. The Kier molecular flexibility index (Phi) is 3.39. The average molecular weight is 282 g/mol. The molecular formula is C14H16F2N2S. The van der Waals surface area contributed by atoms with Gasteiger partial charge in [-0.05, 0) is 55.4 Å². The molecule has 0 unspecified atom stereocenters. The number of hydrogen-bond donors (Lipinski definition) is 2. The number of nitrogens with one attached hydrogen (secondary N) is 2. The second-order valence-corrected chi connectivity index (χ2v) is 5.88. The number of rotatable bonds is 2.